The predicted molar refractivity (Wildman–Crippen MR) is 80.8 cm³/mol. The van der Waals surface area contributed by atoms with E-state index in [2.05, 4.69) is 10.6 Å². The molecule has 0 aliphatic carbocycles. The maximum Gasteiger partial charge on any atom is 0.293 e. The molecule has 2 N–H and O–H groups in total. The summed E-state index contributed by atoms with van der Waals surface area (Å²) < 4.78 is 0. The Morgan fingerprint density at radius 2 is 2.19 bits per heavy atom. The molecule has 2 rings (SSSR count). The van der Waals surface area contributed by atoms with E-state index in [1.165, 1.54) is 13.1 Å². The van der Waals surface area contributed by atoms with Crippen LogP contribution in [0.5, 0.6) is 0 Å². The number of piperidine rings is 1. The lowest BCUT2D eigenvalue weighted by Crippen LogP contribution is -2.44. The fourth-order valence-corrected chi connectivity index (χ4v) is 2.65. The molecule has 0 aromatic heterocycles. The largest absolute Gasteiger partial charge is 0.364 e. The minimum absolute atomic E-state index is 0.0205. The third-order valence-corrected chi connectivity index (χ3v) is 3.83. The highest BCUT2D eigenvalue weighted by Gasteiger charge is 2.25. The molecule has 7 heteroatoms. The monoisotopic (exact) mass is 292 g/mol. The summed E-state index contributed by atoms with van der Waals surface area (Å²) in [6.07, 6.45) is 2.05. The van der Waals surface area contributed by atoms with Crippen molar-refractivity contribution in [3.8, 4) is 0 Å². The number of nitrogens with zero attached hydrogens (tertiary/aromatic N) is 2. The van der Waals surface area contributed by atoms with Crippen molar-refractivity contribution in [3.05, 3.63) is 33.9 Å². The van der Waals surface area contributed by atoms with Crippen LogP contribution in [-0.2, 0) is 0 Å². The number of hydrogen-bond donors (Lipinski definition) is 2. The second-order valence-corrected chi connectivity index (χ2v) is 5.11. The van der Waals surface area contributed by atoms with Crippen LogP contribution in [0.1, 0.15) is 23.2 Å². The molecule has 1 aliphatic heterocycles. The van der Waals surface area contributed by atoms with E-state index < -0.39 is 4.92 Å². The first-order chi connectivity index (χ1) is 10.1. The summed E-state index contributed by atoms with van der Waals surface area (Å²) >= 11 is 0. The molecule has 1 atom stereocenters. The second kappa shape index (κ2) is 6.53. The topological polar surface area (TPSA) is 87.5 Å². The van der Waals surface area contributed by atoms with Crippen molar-refractivity contribution in [1.29, 1.82) is 0 Å². The van der Waals surface area contributed by atoms with Gasteiger partial charge in [-0.3, -0.25) is 14.9 Å². The van der Waals surface area contributed by atoms with Crippen molar-refractivity contribution in [1.82, 2.24) is 10.6 Å². The summed E-state index contributed by atoms with van der Waals surface area (Å²) in [6.45, 7) is 1.52. The van der Waals surface area contributed by atoms with Crippen molar-refractivity contribution >= 4 is 17.3 Å². The lowest BCUT2D eigenvalue weighted by atomic mass is 10.0. The quantitative estimate of drug-likeness (QED) is 0.642. The Morgan fingerprint density at radius 1 is 1.43 bits per heavy atom. The van der Waals surface area contributed by atoms with Gasteiger partial charge in [-0.05, 0) is 32.0 Å². The number of rotatable bonds is 4. The normalized spacial score (nSPS) is 18.4. The van der Waals surface area contributed by atoms with Crippen LogP contribution in [0.4, 0.5) is 11.4 Å². The molecule has 0 bridgehead atoms. The van der Waals surface area contributed by atoms with Crippen LogP contribution in [0.25, 0.3) is 0 Å². The van der Waals surface area contributed by atoms with Gasteiger partial charge in [0.05, 0.1) is 4.92 Å². The molecule has 1 unspecified atom stereocenters. The van der Waals surface area contributed by atoms with E-state index in [4.69, 9.17) is 0 Å². The van der Waals surface area contributed by atoms with Crippen molar-refractivity contribution < 1.29 is 9.72 Å². The van der Waals surface area contributed by atoms with Crippen LogP contribution >= 0.6 is 0 Å². The summed E-state index contributed by atoms with van der Waals surface area (Å²) in [5.74, 6) is -0.323. The summed E-state index contributed by atoms with van der Waals surface area (Å²) in [5, 5.41) is 17.0. The highest BCUT2D eigenvalue weighted by Crippen LogP contribution is 2.31. The standard InChI is InChI=1S/C14H20N4O3/c1-15-11-4-3-7-17(9-11)12-6-5-10(14(19)16-2)8-13(12)18(20)21/h5-6,8,11,15H,3-4,7,9H2,1-2H3,(H,16,19). The highest BCUT2D eigenvalue weighted by atomic mass is 16.6. The Labute approximate surface area is 123 Å². The van der Waals surface area contributed by atoms with Gasteiger partial charge < -0.3 is 15.5 Å². The highest BCUT2D eigenvalue weighted by molar-refractivity contribution is 5.95. The Bertz CT molecular complexity index is 547. The Balaban J connectivity index is 2.34. The third kappa shape index (κ3) is 3.30. The maximum absolute atomic E-state index is 11.6. The van der Waals surface area contributed by atoms with Crippen molar-refractivity contribution in [2.24, 2.45) is 0 Å². The molecule has 1 saturated heterocycles. The number of nitrogens with one attached hydrogen (secondary N) is 2. The Morgan fingerprint density at radius 3 is 2.81 bits per heavy atom. The fraction of sp³-hybridized carbons (Fsp3) is 0.500. The fourth-order valence-electron chi connectivity index (χ4n) is 2.65. The molecule has 0 radical (unpaired) electrons. The van der Waals surface area contributed by atoms with Crippen LogP contribution in [0.3, 0.4) is 0 Å². The zero-order valence-corrected chi connectivity index (χ0v) is 12.3. The van der Waals surface area contributed by atoms with Crippen molar-refractivity contribution in [2.75, 3.05) is 32.1 Å². The van der Waals surface area contributed by atoms with E-state index in [0.717, 1.165) is 25.9 Å². The SMILES string of the molecule is CNC(=O)c1ccc(N2CCCC(NC)C2)c([N+](=O)[O-])c1. The number of benzene rings is 1. The minimum atomic E-state index is -0.426. The van der Waals surface area contributed by atoms with E-state index in [9.17, 15) is 14.9 Å². The Hall–Kier alpha value is -2.15. The number of nitro benzene ring substituents is 1. The molecule has 1 aromatic carbocycles. The number of carbonyl (C=O) groups excluding carboxylic acids is 1. The van der Waals surface area contributed by atoms with Gasteiger partial charge in [-0.25, -0.2) is 0 Å². The molecule has 21 heavy (non-hydrogen) atoms. The van der Waals surface area contributed by atoms with Crippen molar-refractivity contribution in [2.45, 2.75) is 18.9 Å². The third-order valence-electron chi connectivity index (χ3n) is 3.83. The summed E-state index contributed by atoms with van der Waals surface area (Å²) in [5.41, 5.74) is 0.857. The van der Waals surface area contributed by atoms with Gasteiger partial charge in [-0.15, -0.1) is 0 Å². The lowest BCUT2D eigenvalue weighted by Gasteiger charge is -2.33. The molecule has 0 saturated carbocycles. The summed E-state index contributed by atoms with van der Waals surface area (Å²) in [6, 6.07) is 4.97. The Kier molecular flexibility index (Phi) is 4.74. The molecule has 1 aliphatic rings. The van der Waals surface area contributed by atoms with Crippen LogP contribution in [0, 0.1) is 10.1 Å². The van der Waals surface area contributed by atoms with E-state index in [0.29, 0.717) is 17.3 Å². The maximum atomic E-state index is 11.6. The molecule has 7 nitrogen and oxygen atoms in total. The number of likely N-dealkylation sites (N-methyl/N-ethyl adjacent to an activating group) is 1. The van der Waals surface area contributed by atoms with E-state index >= 15 is 0 Å². The number of hydrogen-bond acceptors (Lipinski definition) is 5. The van der Waals surface area contributed by atoms with Gasteiger partial charge in [-0.2, -0.15) is 0 Å². The molecule has 1 fully saturated rings. The molecular formula is C14H20N4O3. The van der Waals surface area contributed by atoms with Gasteiger partial charge in [0.15, 0.2) is 0 Å². The van der Waals surface area contributed by atoms with E-state index in [-0.39, 0.29) is 11.6 Å². The number of nitro groups is 1. The van der Waals surface area contributed by atoms with Crippen LogP contribution < -0.4 is 15.5 Å². The zero-order chi connectivity index (χ0) is 15.4. The first-order valence-electron chi connectivity index (χ1n) is 6.99. The summed E-state index contributed by atoms with van der Waals surface area (Å²) in [4.78, 5) is 24.5. The van der Waals surface area contributed by atoms with Crippen molar-refractivity contribution in [3.63, 3.8) is 0 Å². The molecule has 1 aromatic rings. The number of anilines is 1. The molecule has 114 valence electrons. The van der Waals surface area contributed by atoms with Gasteiger partial charge in [0, 0.05) is 37.8 Å². The minimum Gasteiger partial charge on any atom is -0.364 e. The average Bonchev–Trinajstić information content (AvgIpc) is 2.53. The average molecular weight is 292 g/mol. The molecule has 1 amide bonds. The van der Waals surface area contributed by atoms with Gasteiger partial charge in [0.25, 0.3) is 11.6 Å². The van der Waals surface area contributed by atoms with Gasteiger partial charge >= 0.3 is 0 Å². The van der Waals surface area contributed by atoms with Gasteiger partial charge in [0.1, 0.15) is 5.69 Å². The molecule has 1 heterocycles. The first kappa shape index (κ1) is 15.2. The zero-order valence-electron chi connectivity index (χ0n) is 12.3. The smallest absolute Gasteiger partial charge is 0.293 e. The van der Waals surface area contributed by atoms with E-state index in [1.807, 2.05) is 11.9 Å². The van der Waals surface area contributed by atoms with E-state index in [1.54, 1.807) is 12.1 Å². The van der Waals surface area contributed by atoms with Crippen LogP contribution in [0.2, 0.25) is 0 Å². The molecular weight excluding hydrogens is 272 g/mol. The number of amides is 1. The second-order valence-electron chi connectivity index (χ2n) is 5.11. The van der Waals surface area contributed by atoms with Crippen LogP contribution in [-0.4, -0.2) is 44.1 Å². The predicted octanol–water partition coefficient (Wildman–Crippen LogP) is 1.14. The summed E-state index contributed by atoms with van der Waals surface area (Å²) in [7, 11) is 3.40. The molecule has 0 spiro atoms. The van der Waals surface area contributed by atoms with Gasteiger partial charge in [0.2, 0.25) is 0 Å². The number of carbonyl (C=O) groups is 1. The van der Waals surface area contributed by atoms with Gasteiger partial charge in [-0.1, -0.05) is 0 Å². The van der Waals surface area contributed by atoms with Crippen LogP contribution in [0.15, 0.2) is 18.2 Å². The lowest BCUT2D eigenvalue weighted by molar-refractivity contribution is -0.384. The first-order valence-corrected chi connectivity index (χ1v) is 6.99.